The Bertz CT molecular complexity index is 1030. The van der Waals surface area contributed by atoms with Crippen LogP contribution in [0.25, 0.3) is 0 Å². The standard InChI is InChI=1S/C21H22ClN3O3S/c1-16(25-19-5-3-12-23-15-19)28-20-6-2-4-17(14-20)11-13-24-29(26,27)21-9-7-18(22)8-10-21/h2-10,12,14-16,24-25H,11,13H2,1H3. The van der Waals surface area contributed by atoms with Crippen LogP contribution < -0.4 is 14.8 Å². The van der Waals surface area contributed by atoms with E-state index in [9.17, 15) is 8.42 Å². The van der Waals surface area contributed by atoms with Crippen LogP contribution in [-0.4, -0.2) is 26.2 Å². The fourth-order valence-electron chi connectivity index (χ4n) is 2.72. The van der Waals surface area contributed by atoms with Crippen LogP contribution in [0.2, 0.25) is 5.02 Å². The first-order valence-corrected chi connectivity index (χ1v) is 11.0. The summed E-state index contributed by atoms with van der Waals surface area (Å²) in [5.74, 6) is 0.701. The number of anilines is 1. The van der Waals surface area contributed by atoms with Crippen LogP contribution in [0.5, 0.6) is 5.75 Å². The molecule has 6 nitrogen and oxygen atoms in total. The molecule has 0 amide bonds. The van der Waals surface area contributed by atoms with Crippen LogP contribution in [0.3, 0.4) is 0 Å². The van der Waals surface area contributed by atoms with Crippen LogP contribution in [0.1, 0.15) is 12.5 Å². The summed E-state index contributed by atoms with van der Waals surface area (Å²) >= 11 is 5.81. The third-order valence-corrected chi connectivity index (χ3v) is 5.80. The van der Waals surface area contributed by atoms with Gasteiger partial charge in [-0.2, -0.15) is 0 Å². The molecule has 2 aromatic carbocycles. The second-order valence-electron chi connectivity index (χ2n) is 6.40. The van der Waals surface area contributed by atoms with Crippen LogP contribution in [0.4, 0.5) is 5.69 Å². The summed E-state index contributed by atoms with van der Waals surface area (Å²) in [4.78, 5) is 4.25. The molecule has 0 spiro atoms. The predicted octanol–water partition coefficient (Wildman–Crippen LogP) is 4.09. The fraction of sp³-hybridized carbons (Fsp3) is 0.190. The Kier molecular flexibility index (Phi) is 7.09. The summed E-state index contributed by atoms with van der Waals surface area (Å²) in [5, 5.41) is 3.70. The van der Waals surface area contributed by atoms with Crippen LogP contribution in [0.15, 0.2) is 78.0 Å². The first-order valence-electron chi connectivity index (χ1n) is 9.10. The third kappa shape index (κ3) is 6.45. The van der Waals surface area contributed by atoms with Crippen molar-refractivity contribution < 1.29 is 13.2 Å². The predicted molar refractivity (Wildman–Crippen MR) is 115 cm³/mol. The molecule has 0 aliphatic carbocycles. The number of aromatic nitrogens is 1. The van der Waals surface area contributed by atoms with Gasteiger partial charge < -0.3 is 10.1 Å². The minimum atomic E-state index is -3.57. The van der Waals surface area contributed by atoms with Crippen LogP contribution in [-0.2, 0) is 16.4 Å². The Labute approximate surface area is 176 Å². The van der Waals surface area contributed by atoms with Gasteiger partial charge in [-0.1, -0.05) is 23.7 Å². The van der Waals surface area contributed by atoms with E-state index in [2.05, 4.69) is 15.0 Å². The number of nitrogens with zero attached hydrogens (tertiary/aromatic N) is 1. The zero-order valence-electron chi connectivity index (χ0n) is 15.9. The molecular weight excluding hydrogens is 410 g/mol. The molecule has 152 valence electrons. The average molecular weight is 432 g/mol. The molecule has 1 heterocycles. The van der Waals surface area contributed by atoms with E-state index in [4.69, 9.17) is 16.3 Å². The van der Waals surface area contributed by atoms with Gasteiger partial charge in [0.25, 0.3) is 0 Å². The van der Waals surface area contributed by atoms with Gasteiger partial charge in [0.2, 0.25) is 10.0 Å². The van der Waals surface area contributed by atoms with Crippen molar-refractivity contribution in [2.75, 3.05) is 11.9 Å². The van der Waals surface area contributed by atoms with E-state index in [0.717, 1.165) is 11.3 Å². The molecule has 1 unspecified atom stereocenters. The van der Waals surface area contributed by atoms with Crippen molar-refractivity contribution in [3.05, 3.63) is 83.6 Å². The highest BCUT2D eigenvalue weighted by Gasteiger charge is 2.13. The van der Waals surface area contributed by atoms with E-state index < -0.39 is 10.0 Å². The zero-order valence-corrected chi connectivity index (χ0v) is 17.5. The number of hydrogen-bond acceptors (Lipinski definition) is 5. The van der Waals surface area contributed by atoms with E-state index >= 15 is 0 Å². The number of pyridine rings is 1. The van der Waals surface area contributed by atoms with Crippen molar-refractivity contribution in [3.8, 4) is 5.75 Å². The largest absolute Gasteiger partial charge is 0.471 e. The highest BCUT2D eigenvalue weighted by molar-refractivity contribution is 7.89. The summed E-state index contributed by atoms with van der Waals surface area (Å²) in [6, 6.07) is 17.4. The lowest BCUT2D eigenvalue weighted by molar-refractivity contribution is 0.250. The van der Waals surface area contributed by atoms with Gasteiger partial charge in [0.05, 0.1) is 16.8 Å². The Morgan fingerprint density at radius 1 is 1.10 bits per heavy atom. The molecule has 3 rings (SSSR count). The van der Waals surface area contributed by atoms with Gasteiger partial charge >= 0.3 is 0 Å². The number of benzene rings is 2. The maximum atomic E-state index is 12.3. The van der Waals surface area contributed by atoms with Gasteiger partial charge in [0.15, 0.2) is 6.23 Å². The number of sulfonamides is 1. The number of ether oxygens (including phenoxy) is 1. The molecule has 0 bridgehead atoms. The molecule has 3 aromatic rings. The summed E-state index contributed by atoms with van der Waals surface area (Å²) in [7, 11) is -3.57. The SMILES string of the molecule is CC(Nc1cccnc1)Oc1cccc(CCNS(=O)(=O)c2ccc(Cl)cc2)c1. The minimum absolute atomic E-state index is 0.189. The van der Waals surface area contributed by atoms with Gasteiger partial charge in [0.1, 0.15) is 5.75 Å². The number of rotatable bonds is 9. The first-order chi connectivity index (χ1) is 13.9. The van der Waals surface area contributed by atoms with Gasteiger partial charge in [-0.05, 0) is 67.4 Å². The smallest absolute Gasteiger partial charge is 0.240 e. The second kappa shape index (κ2) is 9.73. The zero-order chi connectivity index (χ0) is 20.7. The van der Waals surface area contributed by atoms with Gasteiger partial charge in [-0.25, -0.2) is 13.1 Å². The normalized spacial score (nSPS) is 12.3. The Balaban J connectivity index is 1.53. The number of halogens is 1. The van der Waals surface area contributed by atoms with Crippen molar-refractivity contribution in [2.24, 2.45) is 0 Å². The van der Waals surface area contributed by atoms with Crippen molar-refractivity contribution in [3.63, 3.8) is 0 Å². The quantitative estimate of drug-likeness (QED) is 0.499. The van der Waals surface area contributed by atoms with Gasteiger partial charge in [-0.3, -0.25) is 4.98 Å². The highest BCUT2D eigenvalue weighted by Crippen LogP contribution is 2.17. The van der Waals surface area contributed by atoms with E-state index in [1.165, 1.54) is 12.1 Å². The second-order valence-corrected chi connectivity index (χ2v) is 8.60. The van der Waals surface area contributed by atoms with Gasteiger partial charge in [-0.15, -0.1) is 0 Å². The number of hydrogen-bond donors (Lipinski definition) is 2. The van der Waals surface area contributed by atoms with E-state index in [1.807, 2.05) is 43.3 Å². The lowest BCUT2D eigenvalue weighted by atomic mass is 10.1. The summed E-state index contributed by atoms with van der Waals surface area (Å²) in [6.07, 6.45) is 3.72. The molecule has 1 atom stereocenters. The van der Waals surface area contributed by atoms with E-state index in [1.54, 1.807) is 24.5 Å². The molecule has 8 heteroatoms. The lowest BCUT2D eigenvalue weighted by Crippen LogP contribution is -2.26. The summed E-state index contributed by atoms with van der Waals surface area (Å²) < 4.78 is 33.2. The van der Waals surface area contributed by atoms with Crippen LogP contribution >= 0.6 is 11.6 Å². The fourth-order valence-corrected chi connectivity index (χ4v) is 3.88. The first kappa shape index (κ1) is 21.1. The average Bonchev–Trinajstić information content (AvgIpc) is 2.69. The molecule has 2 N–H and O–H groups in total. The van der Waals surface area contributed by atoms with E-state index in [-0.39, 0.29) is 17.7 Å². The lowest BCUT2D eigenvalue weighted by Gasteiger charge is -2.17. The van der Waals surface area contributed by atoms with Gasteiger partial charge in [0, 0.05) is 17.8 Å². The maximum absolute atomic E-state index is 12.3. The molecule has 0 radical (unpaired) electrons. The summed E-state index contributed by atoms with van der Waals surface area (Å²) in [6.45, 7) is 2.18. The van der Waals surface area contributed by atoms with Crippen molar-refractivity contribution in [2.45, 2.75) is 24.5 Å². The summed E-state index contributed by atoms with van der Waals surface area (Å²) in [5.41, 5.74) is 1.84. The molecule has 1 aromatic heterocycles. The highest BCUT2D eigenvalue weighted by atomic mass is 35.5. The molecule has 0 saturated carbocycles. The molecular formula is C21H22ClN3O3S. The Hall–Kier alpha value is -2.61. The Morgan fingerprint density at radius 2 is 1.90 bits per heavy atom. The van der Waals surface area contributed by atoms with E-state index in [0.29, 0.717) is 17.2 Å². The number of nitrogens with one attached hydrogen (secondary N) is 2. The molecule has 0 saturated heterocycles. The minimum Gasteiger partial charge on any atom is -0.471 e. The maximum Gasteiger partial charge on any atom is 0.240 e. The molecule has 0 aliphatic rings. The molecule has 0 aliphatic heterocycles. The topological polar surface area (TPSA) is 80.3 Å². The molecule has 0 fully saturated rings. The molecule has 29 heavy (non-hydrogen) atoms. The Morgan fingerprint density at radius 3 is 2.62 bits per heavy atom. The third-order valence-electron chi connectivity index (χ3n) is 4.07. The van der Waals surface area contributed by atoms with Crippen molar-refractivity contribution >= 4 is 27.3 Å². The monoisotopic (exact) mass is 431 g/mol. The van der Waals surface area contributed by atoms with Crippen molar-refractivity contribution in [1.82, 2.24) is 9.71 Å². The van der Waals surface area contributed by atoms with Crippen molar-refractivity contribution in [1.29, 1.82) is 0 Å². The van der Waals surface area contributed by atoms with Crippen LogP contribution in [0, 0.1) is 0 Å².